The largest absolute Gasteiger partial charge is 0.264 e. The van der Waals surface area contributed by atoms with Crippen molar-refractivity contribution in [1.82, 2.24) is 4.98 Å². The van der Waals surface area contributed by atoms with E-state index in [9.17, 15) is 0 Å². The SMILES string of the molecule is C=C/C(=C\I=CC)c1cccnc1. The van der Waals surface area contributed by atoms with Crippen LogP contribution >= 0.6 is 20.7 Å². The molecule has 13 heavy (non-hydrogen) atoms. The van der Waals surface area contributed by atoms with Gasteiger partial charge in [-0.2, -0.15) is 0 Å². The average Bonchev–Trinajstić information content (AvgIpc) is 2.21. The highest BCUT2D eigenvalue weighted by molar-refractivity contribution is 14.2. The van der Waals surface area contributed by atoms with Gasteiger partial charge in [0.25, 0.3) is 0 Å². The number of allylic oxidation sites excluding steroid dienone is 2. The van der Waals surface area contributed by atoms with Gasteiger partial charge in [0, 0.05) is 18.0 Å². The van der Waals surface area contributed by atoms with E-state index >= 15 is 0 Å². The van der Waals surface area contributed by atoms with Crippen molar-refractivity contribution < 1.29 is 0 Å². The first-order valence-electron chi connectivity index (χ1n) is 4.01. The molecule has 1 aromatic rings. The minimum Gasteiger partial charge on any atom is -0.264 e. The average molecular weight is 285 g/mol. The summed E-state index contributed by atoms with van der Waals surface area (Å²) in [5, 5.41) is 0. The van der Waals surface area contributed by atoms with Crippen LogP contribution in [-0.2, 0) is 0 Å². The highest BCUT2D eigenvalue weighted by Crippen LogP contribution is 2.17. The zero-order valence-corrected chi connectivity index (χ0v) is 9.73. The molecular formula is C11H12IN. The Morgan fingerprint density at radius 1 is 1.62 bits per heavy atom. The predicted octanol–water partition coefficient (Wildman–Crippen LogP) is 3.40. The fraction of sp³-hybridized carbons (Fsp3) is 0.0909. The first-order chi connectivity index (χ1) is 6.38. The number of hydrogen-bond donors (Lipinski definition) is 0. The van der Waals surface area contributed by atoms with Gasteiger partial charge in [0.1, 0.15) is 0 Å². The molecule has 1 heterocycles. The zero-order chi connectivity index (χ0) is 9.52. The van der Waals surface area contributed by atoms with Crippen molar-refractivity contribution >= 4 is 30.3 Å². The van der Waals surface area contributed by atoms with Crippen LogP contribution in [0.4, 0.5) is 0 Å². The molecule has 1 aromatic heterocycles. The van der Waals surface area contributed by atoms with Crippen LogP contribution in [0.5, 0.6) is 0 Å². The molecule has 0 amide bonds. The number of halogens is 1. The van der Waals surface area contributed by atoms with Crippen LogP contribution < -0.4 is 0 Å². The van der Waals surface area contributed by atoms with E-state index in [1.165, 1.54) is 5.57 Å². The minimum atomic E-state index is 0.0695. The highest BCUT2D eigenvalue weighted by Gasteiger charge is 1.93. The molecule has 0 fully saturated rings. The first-order valence-corrected chi connectivity index (χ1v) is 6.50. The Morgan fingerprint density at radius 3 is 3.00 bits per heavy atom. The molecule has 0 N–H and O–H groups in total. The molecule has 0 aromatic carbocycles. The molecule has 0 bridgehead atoms. The van der Waals surface area contributed by atoms with Gasteiger partial charge in [0.2, 0.25) is 0 Å². The Morgan fingerprint density at radius 2 is 2.46 bits per heavy atom. The lowest BCUT2D eigenvalue weighted by Gasteiger charge is -1.98. The maximum Gasteiger partial charge on any atom is 0.0346 e. The van der Waals surface area contributed by atoms with Crippen LogP contribution in [0.2, 0.25) is 0 Å². The van der Waals surface area contributed by atoms with Crippen LogP contribution in [-0.4, -0.2) is 9.00 Å². The summed E-state index contributed by atoms with van der Waals surface area (Å²) in [6.07, 6.45) is 5.54. The summed E-state index contributed by atoms with van der Waals surface area (Å²) < 4.78 is 4.47. The molecule has 0 saturated heterocycles. The van der Waals surface area contributed by atoms with Crippen LogP contribution in [0.25, 0.3) is 5.57 Å². The number of rotatable bonds is 3. The van der Waals surface area contributed by atoms with Crippen LogP contribution in [0, 0.1) is 0 Å². The second kappa shape index (κ2) is 5.80. The van der Waals surface area contributed by atoms with E-state index in [2.05, 4.69) is 32.6 Å². The van der Waals surface area contributed by atoms with Gasteiger partial charge in [0.05, 0.1) is 0 Å². The van der Waals surface area contributed by atoms with Crippen LogP contribution in [0.3, 0.4) is 0 Å². The standard InChI is InChI=1S/C11H12IN/c1-3-10(8-12-4-2)11-6-5-7-13-9-11/h3-9H,1H2,2H3/b10-8+. The van der Waals surface area contributed by atoms with Gasteiger partial charge in [-0.1, -0.05) is 43.5 Å². The van der Waals surface area contributed by atoms with Crippen molar-refractivity contribution in [3.8, 4) is 0 Å². The van der Waals surface area contributed by atoms with Crippen molar-refractivity contribution in [2.24, 2.45) is 0 Å². The first kappa shape index (κ1) is 10.3. The summed E-state index contributed by atoms with van der Waals surface area (Å²) in [5.41, 5.74) is 2.35. The summed E-state index contributed by atoms with van der Waals surface area (Å²) in [6.45, 7) is 5.89. The number of aromatic nitrogens is 1. The van der Waals surface area contributed by atoms with Gasteiger partial charge in [-0.3, -0.25) is 4.98 Å². The molecule has 0 spiro atoms. The summed E-state index contributed by atoms with van der Waals surface area (Å²) >= 11 is 0.0695. The van der Waals surface area contributed by atoms with Gasteiger partial charge < -0.3 is 0 Å². The molecule has 0 atom stereocenters. The third kappa shape index (κ3) is 3.22. The second-order valence-electron chi connectivity index (χ2n) is 2.35. The van der Waals surface area contributed by atoms with E-state index < -0.39 is 0 Å². The van der Waals surface area contributed by atoms with Crippen molar-refractivity contribution in [2.75, 3.05) is 0 Å². The summed E-state index contributed by atoms with van der Waals surface area (Å²) in [5.74, 6) is 0. The molecule has 2 heteroatoms. The molecular weight excluding hydrogens is 273 g/mol. The van der Waals surface area contributed by atoms with E-state index in [0.717, 1.165) is 5.56 Å². The maximum atomic E-state index is 4.08. The van der Waals surface area contributed by atoms with Gasteiger partial charge in [-0.25, -0.2) is 0 Å². The number of nitrogens with zero attached hydrogens (tertiary/aromatic N) is 1. The molecule has 0 radical (unpaired) electrons. The minimum absolute atomic E-state index is 0.0695. The summed E-state index contributed by atoms with van der Waals surface area (Å²) in [6, 6.07) is 4.00. The van der Waals surface area contributed by atoms with Gasteiger partial charge in [-0.05, 0) is 22.6 Å². The predicted molar refractivity (Wildman–Crippen MR) is 68.2 cm³/mol. The van der Waals surface area contributed by atoms with Gasteiger partial charge in [-0.15, -0.1) is 0 Å². The molecule has 68 valence electrons. The molecule has 1 rings (SSSR count). The van der Waals surface area contributed by atoms with Crippen LogP contribution in [0.15, 0.2) is 41.3 Å². The Balaban J connectivity index is 2.98. The lowest BCUT2D eigenvalue weighted by atomic mass is 10.1. The Labute approximate surface area is 89.0 Å². The fourth-order valence-corrected chi connectivity index (χ4v) is 2.25. The summed E-state index contributed by atoms with van der Waals surface area (Å²) in [4.78, 5) is 4.08. The Bertz CT molecular complexity index is 325. The summed E-state index contributed by atoms with van der Waals surface area (Å²) in [7, 11) is 0. The smallest absolute Gasteiger partial charge is 0.0346 e. The van der Waals surface area contributed by atoms with E-state index in [0.29, 0.717) is 0 Å². The normalized spacial score (nSPS) is 12.5. The van der Waals surface area contributed by atoms with E-state index in [1.54, 1.807) is 6.20 Å². The molecule has 0 aliphatic heterocycles. The van der Waals surface area contributed by atoms with Crippen molar-refractivity contribution in [1.29, 1.82) is 0 Å². The van der Waals surface area contributed by atoms with E-state index in [-0.39, 0.29) is 20.7 Å². The molecule has 0 aliphatic rings. The maximum absolute atomic E-state index is 4.08. The van der Waals surface area contributed by atoms with Gasteiger partial charge >= 0.3 is 0 Å². The molecule has 0 aliphatic carbocycles. The topological polar surface area (TPSA) is 12.9 Å². The van der Waals surface area contributed by atoms with E-state index in [4.69, 9.17) is 0 Å². The fourth-order valence-electron chi connectivity index (χ4n) is 0.890. The Hall–Kier alpha value is -0.770. The number of pyridine rings is 1. The van der Waals surface area contributed by atoms with Crippen LogP contribution in [0.1, 0.15) is 12.5 Å². The highest BCUT2D eigenvalue weighted by atomic mass is 127. The third-order valence-electron chi connectivity index (χ3n) is 1.52. The molecule has 0 saturated carbocycles. The zero-order valence-electron chi connectivity index (χ0n) is 7.57. The van der Waals surface area contributed by atoms with Crippen molar-refractivity contribution in [2.45, 2.75) is 6.92 Å². The Kier molecular flexibility index (Phi) is 4.60. The molecule has 1 nitrogen and oxygen atoms in total. The lowest BCUT2D eigenvalue weighted by molar-refractivity contribution is 1.31. The molecule has 0 unspecified atom stereocenters. The third-order valence-corrected chi connectivity index (χ3v) is 3.27. The van der Waals surface area contributed by atoms with Crippen molar-refractivity contribution in [3.05, 3.63) is 46.8 Å². The number of hydrogen-bond acceptors (Lipinski definition) is 1. The van der Waals surface area contributed by atoms with Gasteiger partial charge in [0.15, 0.2) is 0 Å². The van der Waals surface area contributed by atoms with Crippen molar-refractivity contribution in [3.63, 3.8) is 0 Å². The monoisotopic (exact) mass is 285 g/mol. The van der Waals surface area contributed by atoms with E-state index in [1.807, 2.05) is 18.3 Å². The lowest BCUT2D eigenvalue weighted by Crippen LogP contribution is -1.79. The second-order valence-corrected chi connectivity index (χ2v) is 4.94. The quantitative estimate of drug-likeness (QED) is 0.612.